The first kappa shape index (κ1) is 15.1. The molecule has 104 valence electrons. The topological polar surface area (TPSA) is 113 Å². The van der Waals surface area contributed by atoms with Crippen LogP contribution in [-0.2, 0) is 14.8 Å². The molecule has 1 rings (SSSR count). The molecule has 7 nitrogen and oxygen atoms in total. The lowest BCUT2D eigenvalue weighted by molar-refractivity contribution is -0.120. The van der Waals surface area contributed by atoms with Gasteiger partial charge in [0.05, 0.1) is 10.5 Å². The minimum absolute atomic E-state index is 0.00399. The van der Waals surface area contributed by atoms with E-state index in [2.05, 4.69) is 10.0 Å². The van der Waals surface area contributed by atoms with Gasteiger partial charge in [-0.05, 0) is 24.3 Å². The summed E-state index contributed by atoms with van der Waals surface area (Å²) in [5, 5.41) is 11.1. The summed E-state index contributed by atoms with van der Waals surface area (Å²) in [5.74, 6) is -1.40. The van der Waals surface area contributed by atoms with Crippen molar-refractivity contribution in [1.82, 2.24) is 10.0 Å². The van der Waals surface area contributed by atoms with Crippen LogP contribution in [0.2, 0.25) is 0 Å². The van der Waals surface area contributed by atoms with Crippen LogP contribution in [0.15, 0.2) is 29.2 Å². The van der Waals surface area contributed by atoms with Gasteiger partial charge in [0, 0.05) is 20.0 Å². The molecular formula is C11H14N2O5S. The van der Waals surface area contributed by atoms with E-state index in [1.165, 1.54) is 31.3 Å². The number of sulfonamides is 1. The minimum Gasteiger partial charge on any atom is -0.478 e. The fourth-order valence-corrected chi connectivity index (χ4v) is 2.32. The molecule has 0 saturated heterocycles. The lowest BCUT2D eigenvalue weighted by Gasteiger charge is -2.06. The summed E-state index contributed by atoms with van der Waals surface area (Å²) in [4.78, 5) is 21.5. The van der Waals surface area contributed by atoms with Gasteiger partial charge in [0.15, 0.2) is 0 Å². The van der Waals surface area contributed by atoms with Crippen molar-refractivity contribution in [3.8, 4) is 0 Å². The first-order valence-electron chi connectivity index (χ1n) is 5.40. The van der Waals surface area contributed by atoms with E-state index in [0.29, 0.717) is 0 Å². The Bertz CT molecular complexity index is 565. The predicted octanol–water partition coefficient (Wildman–Crippen LogP) is -0.201. The smallest absolute Gasteiger partial charge is 0.335 e. The zero-order valence-corrected chi connectivity index (χ0v) is 11.0. The molecule has 0 unspecified atom stereocenters. The molecule has 0 aliphatic heterocycles. The molecule has 0 aromatic heterocycles. The van der Waals surface area contributed by atoms with Crippen LogP contribution < -0.4 is 10.0 Å². The zero-order valence-electron chi connectivity index (χ0n) is 10.2. The lowest BCUT2D eigenvalue weighted by atomic mass is 10.2. The average molecular weight is 286 g/mol. The van der Waals surface area contributed by atoms with E-state index >= 15 is 0 Å². The number of nitrogens with one attached hydrogen (secondary N) is 2. The van der Waals surface area contributed by atoms with E-state index in [1.807, 2.05) is 0 Å². The number of amides is 1. The molecule has 1 aromatic carbocycles. The van der Waals surface area contributed by atoms with E-state index in [4.69, 9.17) is 5.11 Å². The summed E-state index contributed by atoms with van der Waals surface area (Å²) >= 11 is 0. The molecule has 0 aliphatic carbocycles. The molecule has 0 saturated carbocycles. The van der Waals surface area contributed by atoms with Crippen LogP contribution in [0.3, 0.4) is 0 Å². The van der Waals surface area contributed by atoms with Crippen LogP contribution in [0, 0.1) is 0 Å². The number of carbonyl (C=O) groups is 2. The lowest BCUT2D eigenvalue weighted by Crippen LogP contribution is -2.29. The van der Waals surface area contributed by atoms with Gasteiger partial charge in [-0.3, -0.25) is 4.79 Å². The SMILES string of the molecule is CNC(=O)CCNS(=O)(=O)c1ccc(C(=O)O)cc1. The summed E-state index contributed by atoms with van der Waals surface area (Å²) in [6.07, 6.45) is 0.0307. The van der Waals surface area contributed by atoms with Gasteiger partial charge in [-0.1, -0.05) is 0 Å². The molecule has 0 spiro atoms. The van der Waals surface area contributed by atoms with Crippen molar-refractivity contribution < 1.29 is 23.1 Å². The van der Waals surface area contributed by atoms with Gasteiger partial charge in [0.2, 0.25) is 15.9 Å². The maximum Gasteiger partial charge on any atom is 0.335 e. The summed E-state index contributed by atoms with van der Waals surface area (Å²) in [6, 6.07) is 4.81. The van der Waals surface area contributed by atoms with Crippen molar-refractivity contribution >= 4 is 21.9 Å². The largest absolute Gasteiger partial charge is 0.478 e. The van der Waals surface area contributed by atoms with Gasteiger partial charge in [0.1, 0.15) is 0 Å². The van der Waals surface area contributed by atoms with E-state index in [9.17, 15) is 18.0 Å². The zero-order chi connectivity index (χ0) is 14.5. The van der Waals surface area contributed by atoms with E-state index in [1.54, 1.807) is 0 Å². The number of carboxylic acids is 1. The summed E-state index contributed by atoms with van der Waals surface area (Å²) < 4.78 is 25.8. The number of hydrogen-bond donors (Lipinski definition) is 3. The Kier molecular flexibility index (Phi) is 5.02. The molecule has 0 atom stereocenters. The van der Waals surface area contributed by atoms with Crippen molar-refractivity contribution in [3.05, 3.63) is 29.8 Å². The maximum absolute atomic E-state index is 11.8. The average Bonchev–Trinajstić information content (AvgIpc) is 2.38. The minimum atomic E-state index is -3.73. The Hall–Kier alpha value is -1.93. The number of aromatic carboxylic acids is 1. The third kappa shape index (κ3) is 4.34. The van der Waals surface area contributed by atoms with E-state index in [0.717, 1.165) is 0 Å². The van der Waals surface area contributed by atoms with Crippen LogP contribution in [-0.4, -0.2) is 39.0 Å². The second-order valence-electron chi connectivity index (χ2n) is 3.65. The highest BCUT2D eigenvalue weighted by molar-refractivity contribution is 7.89. The van der Waals surface area contributed by atoms with Crippen LogP contribution in [0.25, 0.3) is 0 Å². The first-order valence-corrected chi connectivity index (χ1v) is 6.89. The van der Waals surface area contributed by atoms with Crippen molar-refractivity contribution in [2.24, 2.45) is 0 Å². The van der Waals surface area contributed by atoms with Gasteiger partial charge >= 0.3 is 5.97 Å². The molecule has 0 radical (unpaired) electrons. The van der Waals surface area contributed by atoms with Gasteiger partial charge < -0.3 is 10.4 Å². The van der Waals surface area contributed by atoms with E-state index in [-0.39, 0.29) is 29.3 Å². The molecule has 0 fully saturated rings. The fourth-order valence-electron chi connectivity index (χ4n) is 1.28. The highest BCUT2D eigenvalue weighted by Gasteiger charge is 2.14. The molecule has 0 aliphatic rings. The van der Waals surface area contributed by atoms with Crippen molar-refractivity contribution in [2.45, 2.75) is 11.3 Å². The third-order valence-electron chi connectivity index (χ3n) is 2.33. The highest BCUT2D eigenvalue weighted by atomic mass is 32.2. The highest BCUT2D eigenvalue weighted by Crippen LogP contribution is 2.10. The third-order valence-corrected chi connectivity index (χ3v) is 3.81. The Labute approximate surface area is 110 Å². The number of benzene rings is 1. The summed E-state index contributed by atoms with van der Waals surface area (Å²) in [5.41, 5.74) is 0.00399. The molecule has 1 amide bonds. The predicted molar refractivity (Wildman–Crippen MR) is 67.3 cm³/mol. The van der Waals surface area contributed by atoms with Gasteiger partial charge in [-0.2, -0.15) is 0 Å². The number of rotatable bonds is 6. The second kappa shape index (κ2) is 6.30. The molecule has 8 heteroatoms. The van der Waals surface area contributed by atoms with Crippen LogP contribution in [0.5, 0.6) is 0 Å². The van der Waals surface area contributed by atoms with Crippen LogP contribution >= 0.6 is 0 Å². The van der Waals surface area contributed by atoms with Crippen molar-refractivity contribution in [1.29, 1.82) is 0 Å². The molecule has 1 aromatic rings. The number of carboxylic acid groups (broad SMARTS) is 1. The second-order valence-corrected chi connectivity index (χ2v) is 5.42. The first-order chi connectivity index (χ1) is 8.86. The van der Waals surface area contributed by atoms with Gasteiger partial charge in [-0.15, -0.1) is 0 Å². The molecule has 0 bridgehead atoms. The van der Waals surface area contributed by atoms with E-state index < -0.39 is 16.0 Å². The Balaban J connectivity index is 2.72. The molecule has 3 N–H and O–H groups in total. The summed E-state index contributed by atoms with van der Waals surface area (Å²) in [7, 11) is -2.27. The van der Waals surface area contributed by atoms with Crippen LogP contribution in [0.4, 0.5) is 0 Å². The Morgan fingerprint density at radius 3 is 2.26 bits per heavy atom. The summed E-state index contributed by atoms with van der Waals surface area (Å²) in [6.45, 7) is -0.0251. The number of carbonyl (C=O) groups excluding carboxylic acids is 1. The Morgan fingerprint density at radius 1 is 1.21 bits per heavy atom. The van der Waals surface area contributed by atoms with Gasteiger partial charge in [-0.25, -0.2) is 17.9 Å². The molecular weight excluding hydrogens is 272 g/mol. The standard InChI is InChI=1S/C11H14N2O5S/c1-12-10(14)6-7-13-19(17,18)9-4-2-8(3-5-9)11(15)16/h2-5,13H,6-7H2,1H3,(H,12,14)(H,15,16). The maximum atomic E-state index is 11.8. The molecule has 0 heterocycles. The van der Waals surface area contributed by atoms with Gasteiger partial charge in [0.25, 0.3) is 0 Å². The van der Waals surface area contributed by atoms with Crippen molar-refractivity contribution in [2.75, 3.05) is 13.6 Å². The normalized spacial score (nSPS) is 11.0. The monoisotopic (exact) mass is 286 g/mol. The Morgan fingerprint density at radius 2 is 1.79 bits per heavy atom. The fraction of sp³-hybridized carbons (Fsp3) is 0.273. The van der Waals surface area contributed by atoms with Crippen LogP contribution in [0.1, 0.15) is 16.8 Å². The number of hydrogen-bond acceptors (Lipinski definition) is 4. The quantitative estimate of drug-likeness (QED) is 0.670. The molecule has 19 heavy (non-hydrogen) atoms. The van der Waals surface area contributed by atoms with Crippen molar-refractivity contribution in [3.63, 3.8) is 0 Å².